The number of rotatable bonds is 2. The third kappa shape index (κ3) is 2.58. The van der Waals surface area contributed by atoms with E-state index in [1.165, 1.54) is 0 Å². The SMILES string of the molecule is CN1CCN(C(=O)c2ccc(-n3cccc3)nc2)CC1. The first-order valence-electron chi connectivity index (χ1n) is 6.81. The molecule has 0 saturated carbocycles. The lowest BCUT2D eigenvalue weighted by Crippen LogP contribution is -2.47. The van der Waals surface area contributed by atoms with Gasteiger partial charge in [-0.1, -0.05) is 0 Å². The highest BCUT2D eigenvalue weighted by Gasteiger charge is 2.20. The van der Waals surface area contributed by atoms with Gasteiger partial charge in [0.2, 0.25) is 0 Å². The number of pyridine rings is 1. The molecule has 1 saturated heterocycles. The Morgan fingerprint density at radius 3 is 2.40 bits per heavy atom. The summed E-state index contributed by atoms with van der Waals surface area (Å²) in [4.78, 5) is 20.9. The van der Waals surface area contributed by atoms with Gasteiger partial charge in [-0.3, -0.25) is 4.79 Å². The minimum Gasteiger partial charge on any atom is -0.336 e. The van der Waals surface area contributed by atoms with Gasteiger partial charge in [-0.15, -0.1) is 0 Å². The average molecular weight is 270 g/mol. The van der Waals surface area contributed by atoms with Gasteiger partial charge < -0.3 is 14.4 Å². The second kappa shape index (κ2) is 5.46. The number of hydrogen-bond acceptors (Lipinski definition) is 3. The van der Waals surface area contributed by atoms with Crippen molar-refractivity contribution in [2.24, 2.45) is 0 Å². The molecule has 0 atom stereocenters. The smallest absolute Gasteiger partial charge is 0.255 e. The molecule has 104 valence electrons. The summed E-state index contributed by atoms with van der Waals surface area (Å²) in [5.41, 5.74) is 0.658. The molecule has 1 fully saturated rings. The molecule has 3 rings (SSSR count). The first kappa shape index (κ1) is 12.9. The maximum absolute atomic E-state index is 12.4. The normalized spacial score (nSPS) is 16.4. The Morgan fingerprint density at radius 2 is 1.80 bits per heavy atom. The highest BCUT2D eigenvalue weighted by molar-refractivity contribution is 5.94. The molecule has 1 aliphatic rings. The largest absolute Gasteiger partial charge is 0.336 e. The summed E-state index contributed by atoms with van der Waals surface area (Å²) in [6, 6.07) is 7.63. The lowest BCUT2D eigenvalue weighted by molar-refractivity contribution is 0.0663. The molecule has 1 amide bonds. The zero-order valence-corrected chi connectivity index (χ0v) is 11.6. The van der Waals surface area contributed by atoms with Crippen molar-refractivity contribution in [2.75, 3.05) is 33.2 Å². The van der Waals surface area contributed by atoms with E-state index in [1.54, 1.807) is 6.20 Å². The van der Waals surface area contributed by atoms with E-state index >= 15 is 0 Å². The van der Waals surface area contributed by atoms with Crippen LogP contribution in [0.1, 0.15) is 10.4 Å². The molecule has 2 aromatic rings. The number of piperazine rings is 1. The van der Waals surface area contributed by atoms with Crippen LogP contribution in [0.2, 0.25) is 0 Å². The number of carbonyl (C=O) groups is 1. The van der Waals surface area contributed by atoms with Gasteiger partial charge in [0, 0.05) is 44.8 Å². The summed E-state index contributed by atoms with van der Waals surface area (Å²) in [6.45, 7) is 3.44. The van der Waals surface area contributed by atoms with Crippen molar-refractivity contribution in [1.29, 1.82) is 0 Å². The van der Waals surface area contributed by atoms with Gasteiger partial charge in [-0.05, 0) is 31.3 Å². The molecule has 0 aromatic carbocycles. The van der Waals surface area contributed by atoms with Gasteiger partial charge in [0.25, 0.3) is 5.91 Å². The number of nitrogens with zero attached hydrogens (tertiary/aromatic N) is 4. The fourth-order valence-electron chi connectivity index (χ4n) is 2.34. The quantitative estimate of drug-likeness (QED) is 0.825. The van der Waals surface area contributed by atoms with Gasteiger partial charge in [0.15, 0.2) is 0 Å². The molecule has 0 N–H and O–H groups in total. The van der Waals surface area contributed by atoms with E-state index in [1.807, 2.05) is 46.1 Å². The van der Waals surface area contributed by atoms with Crippen LogP contribution in [0.4, 0.5) is 0 Å². The van der Waals surface area contributed by atoms with Crippen molar-refractivity contribution in [3.05, 3.63) is 48.4 Å². The minimum absolute atomic E-state index is 0.0738. The van der Waals surface area contributed by atoms with Crippen LogP contribution in [-0.4, -0.2) is 58.5 Å². The number of hydrogen-bond donors (Lipinski definition) is 0. The highest BCUT2D eigenvalue weighted by Crippen LogP contribution is 2.10. The Labute approximate surface area is 118 Å². The fourth-order valence-corrected chi connectivity index (χ4v) is 2.34. The molecule has 3 heterocycles. The molecule has 5 nitrogen and oxygen atoms in total. The van der Waals surface area contributed by atoms with E-state index < -0.39 is 0 Å². The molecule has 5 heteroatoms. The summed E-state index contributed by atoms with van der Waals surface area (Å²) in [5, 5.41) is 0. The van der Waals surface area contributed by atoms with Crippen LogP contribution in [0.3, 0.4) is 0 Å². The molecule has 0 spiro atoms. The third-order valence-corrected chi connectivity index (χ3v) is 3.65. The van der Waals surface area contributed by atoms with Crippen molar-refractivity contribution in [3.63, 3.8) is 0 Å². The van der Waals surface area contributed by atoms with Gasteiger partial charge in [0.05, 0.1) is 5.56 Å². The minimum atomic E-state index is 0.0738. The van der Waals surface area contributed by atoms with E-state index in [2.05, 4.69) is 16.9 Å². The van der Waals surface area contributed by atoms with Gasteiger partial charge in [-0.2, -0.15) is 0 Å². The van der Waals surface area contributed by atoms with Crippen LogP contribution in [0.25, 0.3) is 5.82 Å². The predicted octanol–water partition coefficient (Wildman–Crippen LogP) is 1.26. The topological polar surface area (TPSA) is 41.4 Å². The second-order valence-corrected chi connectivity index (χ2v) is 5.09. The second-order valence-electron chi connectivity index (χ2n) is 5.09. The summed E-state index contributed by atoms with van der Waals surface area (Å²) in [7, 11) is 2.08. The number of aromatic nitrogens is 2. The summed E-state index contributed by atoms with van der Waals surface area (Å²) < 4.78 is 1.92. The Balaban J connectivity index is 1.73. The van der Waals surface area contributed by atoms with Crippen molar-refractivity contribution in [1.82, 2.24) is 19.4 Å². The van der Waals surface area contributed by atoms with Crippen molar-refractivity contribution in [3.8, 4) is 5.82 Å². The number of amides is 1. The van der Waals surface area contributed by atoms with E-state index in [0.717, 1.165) is 32.0 Å². The van der Waals surface area contributed by atoms with E-state index in [-0.39, 0.29) is 5.91 Å². The molecule has 0 unspecified atom stereocenters. The lowest BCUT2D eigenvalue weighted by Gasteiger charge is -2.32. The Kier molecular flexibility index (Phi) is 3.52. The zero-order chi connectivity index (χ0) is 13.9. The molecular weight excluding hydrogens is 252 g/mol. The van der Waals surface area contributed by atoms with E-state index in [4.69, 9.17) is 0 Å². The average Bonchev–Trinajstić information content (AvgIpc) is 3.02. The van der Waals surface area contributed by atoms with Crippen LogP contribution in [0, 0.1) is 0 Å². The fraction of sp³-hybridized carbons (Fsp3) is 0.333. The standard InChI is InChI=1S/C15H18N4O/c1-17-8-10-19(11-9-17)15(20)13-4-5-14(16-12-13)18-6-2-3-7-18/h2-7,12H,8-11H2,1H3. The van der Waals surface area contributed by atoms with Crippen LogP contribution < -0.4 is 0 Å². The first-order valence-corrected chi connectivity index (χ1v) is 6.81. The number of likely N-dealkylation sites (N-methyl/N-ethyl adjacent to an activating group) is 1. The molecule has 0 aliphatic carbocycles. The lowest BCUT2D eigenvalue weighted by atomic mass is 10.2. The van der Waals surface area contributed by atoms with Crippen molar-refractivity contribution < 1.29 is 4.79 Å². The van der Waals surface area contributed by atoms with Crippen LogP contribution in [-0.2, 0) is 0 Å². The Hall–Kier alpha value is -2.14. The van der Waals surface area contributed by atoms with Crippen molar-refractivity contribution >= 4 is 5.91 Å². The van der Waals surface area contributed by atoms with E-state index in [9.17, 15) is 4.79 Å². The number of carbonyl (C=O) groups excluding carboxylic acids is 1. The maximum Gasteiger partial charge on any atom is 0.255 e. The monoisotopic (exact) mass is 270 g/mol. The first-order chi connectivity index (χ1) is 9.74. The zero-order valence-electron chi connectivity index (χ0n) is 11.6. The molecule has 1 aliphatic heterocycles. The maximum atomic E-state index is 12.4. The summed E-state index contributed by atoms with van der Waals surface area (Å²) in [6.07, 6.45) is 5.53. The molecule has 0 bridgehead atoms. The summed E-state index contributed by atoms with van der Waals surface area (Å²) >= 11 is 0. The summed E-state index contributed by atoms with van der Waals surface area (Å²) in [5.74, 6) is 0.898. The van der Waals surface area contributed by atoms with Gasteiger partial charge >= 0.3 is 0 Å². The van der Waals surface area contributed by atoms with Gasteiger partial charge in [0.1, 0.15) is 5.82 Å². The van der Waals surface area contributed by atoms with E-state index in [0.29, 0.717) is 5.56 Å². The van der Waals surface area contributed by atoms with Gasteiger partial charge in [-0.25, -0.2) is 4.98 Å². The Bertz CT molecular complexity index is 568. The van der Waals surface area contributed by atoms with Crippen LogP contribution in [0.5, 0.6) is 0 Å². The molecule has 20 heavy (non-hydrogen) atoms. The van der Waals surface area contributed by atoms with Crippen molar-refractivity contribution in [2.45, 2.75) is 0 Å². The predicted molar refractivity (Wildman–Crippen MR) is 77.0 cm³/mol. The molecule has 2 aromatic heterocycles. The van der Waals surface area contributed by atoms with Crippen LogP contribution >= 0.6 is 0 Å². The third-order valence-electron chi connectivity index (χ3n) is 3.65. The Morgan fingerprint density at radius 1 is 1.10 bits per heavy atom. The molecular formula is C15H18N4O. The highest BCUT2D eigenvalue weighted by atomic mass is 16.2. The van der Waals surface area contributed by atoms with Crippen LogP contribution in [0.15, 0.2) is 42.9 Å². The molecule has 0 radical (unpaired) electrons.